The average Bonchev–Trinajstić information content (AvgIpc) is 2.13. The summed E-state index contributed by atoms with van der Waals surface area (Å²) in [4.78, 5) is 10.8. The van der Waals surface area contributed by atoms with E-state index in [9.17, 15) is 4.79 Å². The van der Waals surface area contributed by atoms with Gasteiger partial charge in [0.25, 0.3) is 0 Å². The molecule has 0 aromatic rings. The van der Waals surface area contributed by atoms with Crippen molar-refractivity contribution >= 4 is 14.8 Å². The second kappa shape index (κ2) is 5.33. The number of rotatable bonds is 6. The summed E-state index contributed by atoms with van der Waals surface area (Å²) in [6.07, 6.45) is 0.428. The van der Waals surface area contributed by atoms with Gasteiger partial charge in [0.2, 0.25) is 0 Å². The molecule has 0 saturated carbocycles. The predicted octanol–water partition coefficient (Wildman–Crippen LogP) is 0.729. The van der Waals surface area contributed by atoms with Crippen LogP contribution in [0, 0.1) is 0 Å². The first-order valence-electron chi connectivity index (χ1n) is 3.96. The van der Waals surface area contributed by atoms with Gasteiger partial charge in [-0.3, -0.25) is 4.79 Å². The Morgan fingerprint density at radius 2 is 1.69 bits per heavy atom. The largest absolute Gasteiger partial charge is 0.514 e. The highest BCUT2D eigenvalue weighted by Gasteiger charge is 2.50. The zero-order valence-electron chi connectivity index (χ0n) is 8.36. The Balaban J connectivity index is 4.76. The number of carboxylic acids is 1. The van der Waals surface area contributed by atoms with E-state index in [-0.39, 0.29) is 0 Å². The quantitative estimate of drug-likeness (QED) is 0.652. The molecule has 1 atom stereocenters. The van der Waals surface area contributed by atoms with Crippen molar-refractivity contribution in [3.05, 3.63) is 0 Å². The van der Waals surface area contributed by atoms with Crippen molar-refractivity contribution in [3.63, 3.8) is 0 Å². The summed E-state index contributed by atoms with van der Waals surface area (Å²) in [6, 6.07) is 0. The highest BCUT2D eigenvalue weighted by atomic mass is 28.4. The molecule has 13 heavy (non-hydrogen) atoms. The normalized spacial score (nSPS) is 14.2. The topological polar surface area (TPSA) is 65.0 Å². The van der Waals surface area contributed by atoms with Crippen LogP contribution in [0.4, 0.5) is 0 Å². The second-order valence-electron chi connectivity index (χ2n) is 2.51. The zero-order chi connectivity index (χ0) is 10.5. The highest BCUT2D eigenvalue weighted by Crippen LogP contribution is 2.27. The van der Waals surface area contributed by atoms with Gasteiger partial charge < -0.3 is 18.4 Å². The van der Waals surface area contributed by atoms with E-state index >= 15 is 0 Å². The molecule has 0 spiro atoms. The van der Waals surface area contributed by atoms with Crippen molar-refractivity contribution in [1.29, 1.82) is 0 Å². The molecule has 0 rings (SSSR count). The Morgan fingerprint density at radius 1 is 1.31 bits per heavy atom. The van der Waals surface area contributed by atoms with Crippen molar-refractivity contribution in [2.45, 2.75) is 18.9 Å². The fourth-order valence-corrected chi connectivity index (χ4v) is 3.41. The number of hydrogen-bond acceptors (Lipinski definition) is 4. The lowest BCUT2D eigenvalue weighted by Crippen LogP contribution is -2.50. The standard InChI is InChI=1S/C7H16O5Si/c1-5-6(7(8)9)13(10-2,11-3)12-4/h6H,5H2,1-4H3,(H,8,9). The van der Waals surface area contributed by atoms with Gasteiger partial charge in [-0.1, -0.05) is 6.92 Å². The monoisotopic (exact) mass is 208 g/mol. The fourth-order valence-electron chi connectivity index (χ4n) is 1.25. The second-order valence-corrected chi connectivity index (χ2v) is 5.64. The van der Waals surface area contributed by atoms with E-state index in [4.69, 9.17) is 18.4 Å². The smallest absolute Gasteiger partial charge is 0.481 e. The van der Waals surface area contributed by atoms with Gasteiger partial charge in [-0.25, -0.2) is 0 Å². The van der Waals surface area contributed by atoms with Gasteiger partial charge in [0.05, 0.1) is 0 Å². The molecule has 0 saturated heterocycles. The van der Waals surface area contributed by atoms with Crippen molar-refractivity contribution < 1.29 is 23.2 Å². The molecular formula is C7H16O5Si. The minimum absolute atomic E-state index is 0.428. The van der Waals surface area contributed by atoms with Crippen molar-refractivity contribution in [2.24, 2.45) is 0 Å². The van der Waals surface area contributed by atoms with Crippen LogP contribution in [-0.2, 0) is 18.1 Å². The number of aliphatic carboxylic acids is 1. The molecule has 0 bridgehead atoms. The molecule has 0 aliphatic rings. The average molecular weight is 208 g/mol. The van der Waals surface area contributed by atoms with E-state index in [1.54, 1.807) is 6.92 Å². The molecular weight excluding hydrogens is 192 g/mol. The van der Waals surface area contributed by atoms with Gasteiger partial charge in [0, 0.05) is 21.3 Å². The summed E-state index contributed by atoms with van der Waals surface area (Å²) in [6.45, 7) is 1.76. The van der Waals surface area contributed by atoms with Gasteiger partial charge in [-0.15, -0.1) is 0 Å². The van der Waals surface area contributed by atoms with Crippen LogP contribution in [-0.4, -0.2) is 41.2 Å². The minimum Gasteiger partial charge on any atom is -0.481 e. The van der Waals surface area contributed by atoms with E-state index in [0.29, 0.717) is 6.42 Å². The lowest BCUT2D eigenvalue weighted by molar-refractivity contribution is -0.138. The molecule has 0 fully saturated rings. The molecule has 0 aromatic heterocycles. The van der Waals surface area contributed by atoms with Crippen LogP contribution in [0.1, 0.15) is 13.3 Å². The number of carboxylic acid groups (broad SMARTS) is 1. The van der Waals surface area contributed by atoms with Gasteiger partial charge in [0.15, 0.2) is 0 Å². The summed E-state index contributed by atoms with van der Waals surface area (Å²) in [5.41, 5.74) is -0.701. The highest BCUT2D eigenvalue weighted by molar-refractivity contribution is 6.66. The summed E-state index contributed by atoms with van der Waals surface area (Å²) in [7, 11) is 1.21. The summed E-state index contributed by atoms with van der Waals surface area (Å²) < 4.78 is 15.2. The molecule has 0 heterocycles. The van der Waals surface area contributed by atoms with Gasteiger partial charge in [-0.2, -0.15) is 0 Å². The SMILES string of the molecule is CCC(C(=O)O)[Si](OC)(OC)OC. The minimum atomic E-state index is -3.01. The Morgan fingerprint density at radius 3 is 1.77 bits per heavy atom. The molecule has 0 aliphatic heterocycles. The lowest BCUT2D eigenvalue weighted by atomic mass is 10.3. The van der Waals surface area contributed by atoms with E-state index in [2.05, 4.69) is 0 Å². The van der Waals surface area contributed by atoms with Crippen LogP contribution >= 0.6 is 0 Å². The zero-order valence-corrected chi connectivity index (χ0v) is 9.36. The first-order chi connectivity index (χ1) is 6.07. The Bertz CT molecular complexity index is 160. The molecule has 78 valence electrons. The third-order valence-corrected chi connectivity index (χ3v) is 5.20. The summed E-state index contributed by atoms with van der Waals surface area (Å²) in [5.74, 6) is -0.945. The first-order valence-corrected chi connectivity index (χ1v) is 5.76. The molecule has 6 heteroatoms. The Labute approximate surface area is 79.0 Å². The Kier molecular flexibility index (Phi) is 5.15. The molecule has 5 nitrogen and oxygen atoms in total. The van der Waals surface area contributed by atoms with Crippen molar-refractivity contribution in [3.8, 4) is 0 Å². The Hall–Kier alpha value is -0.433. The van der Waals surface area contributed by atoms with E-state index in [0.717, 1.165) is 0 Å². The molecule has 0 aliphatic carbocycles. The molecule has 0 amide bonds. The van der Waals surface area contributed by atoms with Crippen LogP contribution in [0.15, 0.2) is 0 Å². The maximum absolute atomic E-state index is 10.8. The molecule has 0 aromatic carbocycles. The predicted molar refractivity (Wildman–Crippen MR) is 48.5 cm³/mol. The number of carbonyl (C=O) groups is 1. The third-order valence-electron chi connectivity index (χ3n) is 1.99. The van der Waals surface area contributed by atoms with Crippen LogP contribution in [0.5, 0.6) is 0 Å². The van der Waals surface area contributed by atoms with Crippen LogP contribution < -0.4 is 0 Å². The van der Waals surface area contributed by atoms with Crippen molar-refractivity contribution in [2.75, 3.05) is 21.3 Å². The molecule has 1 unspecified atom stereocenters. The van der Waals surface area contributed by atoms with E-state index in [1.807, 2.05) is 0 Å². The lowest BCUT2D eigenvalue weighted by Gasteiger charge is -2.28. The summed E-state index contributed by atoms with van der Waals surface area (Å²) in [5, 5.41) is 8.90. The maximum Gasteiger partial charge on any atom is 0.514 e. The van der Waals surface area contributed by atoms with Gasteiger partial charge >= 0.3 is 14.8 Å². The van der Waals surface area contributed by atoms with Gasteiger partial charge in [-0.05, 0) is 6.42 Å². The molecule has 0 radical (unpaired) electrons. The number of hydrogen-bond donors (Lipinski definition) is 1. The fraction of sp³-hybridized carbons (Fsp3) is 0.857. The van der Waals surface area contributed by atoms with E-state index in [1.165, 1.54) is 21.3 Å². The molecule has 1 N–H and O–H groups in total. The third kappa shape index (κ3) is 2.50. The van der Waals surface area contributed by atoms with Crippen molar-refractivity contribution in [1.82, 2.24) is 0 Å². The van der Waals surface area contributed by atoms with Gasteiger partial charge in [0.1, 0.15) is 5.54 Å². The summed E-state index contributed by atoms with van der Waals surface area (Å²) >= 11 is 0. The first kappa shape index (κ1) is 12.6. The van der Waals surface area contributed by atoms with Crippen LogP contribution in [0.25, 0.3) is 0 Å². The van der Waals surface area contributed by atoms with Crippen LogP contribution in [0.3, 0.4) is 0 Å². The van der Waals surface area contributed by atoms with E-state index < -0.39 is 20.3 Å². The van der Waals surface area contributed by atoms with Crippen LogP contribution in [0.2, 0.25) is 5.54 Å². The maximum atomic E-state index is 10.8.